The number of nitrogens with zero attached hydrogens (tertiary/aromatic N) is 2. The molecule has 0 aliphatic heterocycles. The molecule has 0 spiro atoms. The Hall–Kier alpha value is -2.07. The normalized spacial score (nSPS) is 10.8. The van der Waals surface area contributed by atoms with E-state index in [9.17, 15) is 0 Å². The number of nitrogens with one attached hydrogen (secondary N) is 1. The molecule has 3 rings (SSSR count). The van der Waals surface area contributed by atoms with E-state index in [-0.39, 0.29) is 0 Å². The second kappa shape index (κ2) is 5.74. The molecule has 0 aliphatic carbocycles. The molecular formula is C17H19N3S. The average Bonchev–Trinajstić information content (AvgIpc) is 2.84. The van der Waals surface area contributed by atoms with Crippen molar-refractivity contribution >= 4 is 32.9 Å². The molecule has 4 heteroatoms. The van der Waals surface area contributed by atoms with Crippen LogP contribution in [0.5, 0.6) is 0 Å². The van der Waals surface area contributed by atoms with Crippen LogP contribution in [0.25, 0.3) is 10.2 Å². The Morgan fingerprint density at radius 2 is 1.86 bits per heavy atom. The molecule has 0 atom stereocenters. The largest absolute Gasteiger partial charge is 0.381 e. The number of aromatic nitrogens is 1. The van der Waals surface area contributed by atoms with Gasteiger partial charge in [-0.25, -0.2) is 4.98 Å². The maximum atomic E-state index is 4.48. The molecule has 0 saturated heterocycles. The third-order valence-electron chi connectivity index (χ3n) is 3.44. The lowest BCUT2D eigenvalue weighted by molar-refractivity contribution is 1.11. The SMILES string of the molecule is Cc1nc2ccc(NCc3ccc(N(C)C)cc3)cc2s1. The van der Waals surface area contributed by atoms with Crippen LogP contribution in [0.4, 0.5) is 11.4 Å². The molecule has 0 bridgehead atoms. The van der Waals surface area contributed by atoms with Crippen LogP contribution in [0, 0.1) is 6.92 Å². The van der Waals surface area contributed by atoms with Gasteiger partial charge >= 0.3 is 0 Å². The zero-order valence-corrected chi connectivity index (χ0v) is 13.4. The lowest BCUT2D eigenvalue weighted by Gasteiger charge is -2.13. The molecule has 3 nitrogen and oxygen atoms in total. The molecule has 108 valence electrons. The third kappa shape index (κ3) is 3.16. The Balaban J connectivity index is 1.70. The van der Waals surface area contributed by atoms with Crippen molar-refractivity contribution in [3.63, 3.8) is 0 Å². The highest BCUT2D eigenvalue weighted by atomic mass is 32.1. The number of anilines is 2. The van der Waals surface area contributed by atoms with Crippen molar-refractivity contribution in [2.75, 3.05) is 24.3 Å². The second-order valence-corrected chi connectivity index (χ2v) is 6.56. The predicted octanol–water partition coefficient (Wildman–Crippen LogP) is 4.28. The van der Waals surface area contributed by atoms with Crippen molar-refractivity contribution in [2.24, 2.45) is 0 Å². The number of benzene rings is 2. The lowest BCUT2D eigenvalue weighted by atomic mass is 10.2. The highest BCUT2D eigenvalue weighted by molar-refractivity contribution is 7.18. The fraction of sp³-hybridized carbons (Fsp3) is 0.235. The van der Waals surface area contributed by atoms with Crippen LogP contribution in [0.1, 0.15) is 10.6 Å². The summed E-state index contributed by atoms with van der Waals surface area (Å²) in [6.45, 7) is 2.88. The van der Waals surface area contributed by atoms with E-state index in [1.807, 2.05) is 6.92 Å². The van der Waals surface area contributed by atoms with Crippen LogP contribution in [0.2, 0.25) is 0 Å². The first kappa shape index (κ1) is 13.9. The summed E-state index contributed by atoms with van der Waals surface area (Å²) in [6.07, 6.45) is 0. The Labute approximate surface area is 129 Å². The van der Waals surface area contributed by atoms with Crippen molar-refractivity contribution in [2.45, 2.75) is 13.5 Å². The van der Waals surface area contributed by atoms with Crippen LogP contribution >= 0.6 is 11.3 Å². The van der Waals surface area contributed by atoms with Crippen molar-refractivity contribution in [3.8, 4) is 0 Å². The maximum Gasteiger partial charge on any atom is 0.0907 e. The number of hydrogen-bond donors (Lipinski definition) is 1. The Morgan fingerprint density at radius 3 is 2.57 bits per heavy atom. The van der Waals surface area contributed by atoms with Gasteiger partial charge in [0.05, 0.1) is 15.2 Å². The molecule has 0 amide bonds. The topological polar surface area (TPSA) is 28.2 Å². The van der Waals surface area contributed by atoms with Crippen molar-refractivity contribution in [3.05, 3.63) is 53.0 Å². The van der Waals surface area contributed by atoms with Crippen LogP contribution in [0.15, 0.2) is 42.5 Å². The minimum absolute atomic E-state index is 0.830. The number of rotatable bonds is 4. The van der Waals surface area contributed by atoms with Gasteiger partial charge < -0.3 is 10.2 Å². The molecule has 1 N–H and O–H groups in total. The summed E-state index contributed by atoms with van der Waals surface area (Å²) in [5.74, 6) is 0. The summed E-state index contributed by atoms with van der Waals surface area (Å²) in [6, 6.07) is 15.0. The summed E-state index contributed by atoms with van der Waals surface area (Å²) in [5.41, 5.74) is 4.72. The summed E-state index contributed by atoms with van der Waals surface area (Å²) in [4.78, 5) is 6.59. The Morgan fingerprint density at radius 1 is 1.10 bits per heavy atom. The average molecular weight is 297 g/mol. The molecule has 1 aromatic heterocycles. The van der Waals surface area contributed by atoms with Gasteiger partial charge in [-0.3, -0.25) is 0 Å². The molecule has 0 aliphatic rings. The van der Waals surface area contributed by atoms with Gasteiger partial charge in [-0.2, -0.15) is 0 Å². The molecule has 21 heavy (non-hydrogen) atoms. The highest BCUT2D eigenvalue weighted by Crippen LogP contribution is 2.25. The van der Waals surface area contributed by atoms with E-state index in [1.165, 1.54) is 16.0 Å². The monoisotopic (exact) mass is 297 g/mol. The fourth-order valence-corrected chi connectivity index (χ4v) is 3.13. The van der Waals surface area contributed by atoms with E-state index in [2.05, 4.69) is 71.8 Å². The molecule has 1 heterocycles. The predicted molar refractivity (Wildman–Crippen MR) is 92.5 cm³/mol. The zero-order valence-electron chi connectivity index (χ0n) is 12.6. The van der Waals surface area contributed by atoms with Gasteiger partial charge in [-0.15, -0.1) is 11.3 Å². The standard InChI is InChI=1S/C17H19N3S/c1-12-19-16-9-6-14(10-17(16)21-12)18-11-13-4-7-15(8-5-13)20(2)3/h4-10,18H,11H2,1-3H3. The van der Waals surface area contributed by atoms with Crippen molar-refractivity contribution in [1.82, 2.24) is 4.98 Å². The zero-order chi connectivity index (χ0) is 14.8. The second-order valence-electron chi connectivity index (χ2n) is 5.33. The van der Waals surface area contributed by atoms with Gasteiger partial charge in [0.25, 0.3) is 0 Å². The first-order chi connectivity index (χ1) is 10.1. The van der Waals surface area contributed by atoms with E-state index in [1.54, 1.807) is 11.3 Å². The van der Waals surface area contributed by atoms with Crippen molar-refractivity contribution < 1.29 is 0 Å². The van der Waals surface area contributed by atoms with Crippen LogP contribution in [-0.4, -0.2) is 19.1 Å². The summed E-state index contributed by atoms with van der Waals surface area (Å²) >= 11 is 1.74. The lowest BCUT2D eigenvalue weighted by Crippen LogP contribution is -2.08. The molecule has 0 fully saturated rings. The first-order valence-corrected chi connectivity index (χ1v) is 7.81. The van der Waals surface area contributed by atoms with Crippen molar-refractivity contribution in [1.29, 1.82) is 0 Å². The maximum absolute atomic E-state index is 4.48. The summed E-state index contributed by atoms with van der Waals surface area (Å²) < 4.78 is 1.24. The number of thiazole rings is 1. The molecule has 0 radical (unpaired) electrons. The number of fused-ring (bicyclic) bond motifs is 1. The molecule has 2 aromatic carbocycles. The van der Waals surface area contributed by atoms with E-state index in [0.717, 1.165) is 22.8 Å². The molecule has 0 unspecified atom stereocenters. The van der Waals surface area contributed by atoms with Gasteiger partial charge in [-0.05, 0) is 42.8 Å². The minimum Gasteiger partial charge on any atom is -0.381 e. The van der Waals surface area contributed by atoms with Gasteiger partial charge in [0.2, 0.25) is 0 Å². The van der Waals surface area contributed by atoms with E-state index in [0.29, 0.717) is 0 Å². The Kier molecular flexibility index (Phi) is 3.80. The first-order valence-electron chi connectivity index (χ1n) is 6.99. The quantitative estimate of drug-likeness (QED) is 0.779. The molecular weight excluding hydrogens is 278 g/mol. The number of aryl methyl sites for hydroxylation is 1. The van der Waals surface area contributed by atoms with Gasteiger partial charge in [0.15, 0.2) is 0 Å². The van der Waals surface area contributed by atoms with E-state index < -0.39 is 0 Å². The van der Waals surface area contributed by atoms with Gasteiger partial charge in [0, 0.05) is 32.0 Å². The van der Waals surface area contributed by atoms with E-state index >= 15 is 0 Å². The molecule has 0 saturated carbocycles. The van der Waals surface area contributed by atoms with Gasteiger partial charge in [0.1, 0.15) is 0 Å². The third-order valence-corrected chi connectivity index (χ3v) is 4.38. The fourth-order valence-electron chi connectivity index (χ4n) is 2.27. The van der Waals surface area contributed by atoms with Crippen LogP contribution in [0.3, 0.4) is 0 Å². The Bertz CT molecular complexity index is 744. The summed E-state index contributed by atoms with van der Waals surface area (Å²) in [7, 11) is 4.11. The smallest absolute Gasteiger partial charge is 0.0907 e. The highest BCUT2D eigenvalue weighted by Gasteiger charge is 2.02. The van der Waals surface area contributed by atoms with Crippen LogP contribution in [-0.2, 0) is 6.54 Å². The molecule has 3 aromatic rings. The summed E-state index contributed by atoms with van der Waals surface area (Å²) in [5, 5.41) is 4.59. The van der Waals surface area contributed by atoms with Crippen LogP contribution < -0.4 is 10.2 Å². The van der Waals surface area contributed by atoms with Gasteiger partial charge in [-0.1, -0.05) is 12.1 Å². The van der Waals surface area contributed by atoms with E-state index in [4.69, 9.17) is 0 Å². The minimum atomic E-state index is 0.830. The number of hydrogen-bond acceptors (Lipinski definition) is 4.